The van der Waals surface area contributed by atoms with Crippen molar-refractivity contribution in [1.82, 2.24) is 0 Å². The highest BCUT2D eigenvalue weighted by Gasteiger charge is 2.23. The number of rotatable bonds is 3. The summed E-state index contributed by atoms with van der Waals surface area (Å²) in [4.78, 5) is 0. The Morgan fingerprint density at radius 2 is 1.88 bits per heavy atom. The minimum absolute atomic E-state index is 0.0303. The van der Waals surface area contributed by atoms with E-state index in [1.54, 1.807) is 0 Å². The Kier molecular flexibility index (Phi) is 4.67. The molecule has 0 amide bonds. The minimum Gasteiger partial charge on any atom is -0.393 e. The average molecular weight is 307 g/mol. The maximum absolute atomic E-state index is 13.6. The molecule has 4 heteroatoms. The highest BCUT2D eigenvalue weighted by molar-refractivity contribution is 9.10. The first-order chi connectivity index (χ1) is 7.73. The molecule has 96 valence electrons. The second-order valence-electron chi connectivity index (χ2n) is 5.24. The maximum atomic E-state index is 13.6. The van der Waals surface area contributed by atoms with E-state index in [0.717, 1.165) is 0 Å². The van der Waals surface area contributed by atoms with Crippen LogP contribution in [0.25, 0.3) is 0 Å². The Hall–Kier alpha value is -0.480. The summed E-state index contributed by atoms with van der Waals surface area (Å²) < 4.78 is 27.3. The van der Waals surface area contributed by atoms with Gasteiger partial charge >= 0.3 is 0 Å². The van der Waals surface area contributed by atoms with Crippen LogP contribution in [0.15, 0.2) is 16.6 Å². The van der Waals surface area contributed by atoms with Crippen molar-refractivity contribution in [2.24, 2.45) is 5.41 Å². The molecule has 0 heterocycles. The molecule has 1 atom stereocenters. The molecule has 1 aromatic rings. The van der Waals surface area contributed by atoms with Crippen molar-refractivity contribution in [3.05, 3.63) is 33.8 Å². The molecular weight excluding hydrogens is 290 g/mol. The van der Waals surface area contributed by atoms with E-state index in [1.807, 2.05) is 20.8 Å². The van der Waals surface area contributed by atoms with Crippen LogP contribution in [0.4, 0.5) is 8.78 Å². The fraction of sp³-hybridized carbons (Fsp3) is 0.538. The average Bonchev–Trinajstić information content (AvgIpc) is 2.22. The topological polar surface area (TPSA) is 20.2 Å². The fourth-order valence-electron chi connectivity index (χ4n) is 1.51. The van der Waals surface area contributed by atoms with Gasteiger partial charge in [0.1, 0.15) is 11.6 Å². The van der Waals surface area contributed by atoms with E-state index in [1.165, 1.54) is 12.1 Å². The number of hydrogen-bond donors (Lipinski definition) is 1. The molecule has 0 aliphatic carbocycles. The maximum Gasteiger partial charge on any atom is 0.143 e. The van der Waals surface area contributed by atoms with Gasteiger partial charge in [-0.05, 0) is 46.3 Å². The molecule has 0 radical (unpaired) electrons. The Morgan fingerprint density at radius 1 is 1.29 bits per heavy atom. The molecular formula is C13H17BrF2O. The van der Waals surface area contributed by atoms with Crippen LogP contribution in [0.5, 0.6) is 0 Å². The third kappa shape index (κ3) is 3.75. The monoisotopic (exact) mass is 306 g/mol. The number of benzene rings is 1. The van der Waals surface area contributed by atoms with Crippen molar-refractivity contribution in [2.75, 3.05) is 0 Å². The van der Waals surface area contributed by atoms with E-state index >= 15 is 0 Å². The van der Waals surface area contributed by atoms with Crippen molar-refractivity contribution in [3.8, 4) is 0 Å². The summed E-state index contributed by atoms with van der Waals surface area (Å²) in [5.74, 6) is -1.14. The van der Waals surface area contributed by atoms with Crippen LogP contribution in [-0.4, -0.2) is 11.2 Å². The molecule has 1 rings (SSSR count). The van der Waals surface area contributed by atoms with Crippen LogP contribution in [-0.2, 0) is 6.42 Å². The quantitative estimate of drug-likeness (QED) is 0.835. The van der Waals surface area contributed by atoms with Gasteiger partial charge in [0.2, 0.25) is 0 Å². The van der Waals surface area contributed by atoms with Gasteiger partial charge in [-0.25, -0.2) is 8.78 Å². The first-order valence-corrected chi connectivity index (χ1v) is 6.33. The summed E-state index contributed by atoms with van der Waals surface area (Å²) in [6, 6.07) is 2.57. The van der Waals surface area contributed by atoms with Crippen LogP contribution in [0.3, 0.4) is 0 Å². The Labute approximate surface area is 109 Å². The zero-order valence-corrected chi connectivity index (χ0v) is 11.8. The van der Waals surface area contributed by atoms with Crippen LogP contribution < -0.4 is 0 Å². The second kappa shape index (κ2) is 5.44. The van der Waals surface area contributed by atoms with Crippen molar-refractivity contribution in [1.29, 1.82) is 0 Å². The lowest BCUT2D eigenvalue weighted by Crippen LogP contribution is -2.26. The first-order valence-electron chi connectivity index (χ1n) is 5.54. The van der Waals surface area contributed by atoms with Crippen LogP contribution in [0, 0.1) is 17.0 Å². The smallest absolute Gasteiger partial charge is 0.143 e. The van der Waals surface area contributed by atoms with Crippen LogP contribution in [0.2, 0.25) is 0 Å². The standard InChI is InChI=1S/C13H17BrF2O/c1-13(2,3)11(17)7-4-8-10(15)6-5-9(14)12(8)16/h5-6,11,17H,4,7H2,1-3H3. The fourth-order valence-corrected chi connectivity index (χ4v) is 1.88. The molecule has 0 spiro atoms. The molecule has 0 fully saturated rings. The van der Waals surface area contributed by atoms with Crippen molar-refractivity contribution in [2.45, 2.75) is 39.7 Å². The lowest BCUT2D eigenvalue weighted by Gasteiger charge is -2.25. The van der Waals surface area contributed by atoms with E-state index in [9.17, 15) is 13.9 Å². The summed E-state index contributed by atoms with van der Waals surface area (Å²) in [5, 5.41) is 9.84. The van der Waals surface area contributed by atoms with E-state index in [-0.39, 0.29) is 21.9 Å². The lowest BCUT2D eigenvalue weighted by molar-refractivity contribution is 0.0556. The Balaban J connectivity index is 2.80. The molecule has 1 unspecified atom stereocenters. The van der Waals surface area contributed by atoms with Crippen molar-refractivity contribution < 1.29 is 13.9 Å². The van der Waals surface area contributed by atoms with Crippen LogP contribution >= 0.6 is 15.9 Å². The van der Waals surface area contributed by atoms with Gasteiger partial charge in [0.05, 0.1) is 10.6 Å². The van der Waals surface area contributed by atoms with Gasteiger partial charge in [0.25, 0.3) is 0 Å². The summed E-state index contributed by atoms with van der Waals surface area (Å²) in [6.45, 7) is 5.68. The third-order valence-corrected chi connectivity index (χ3v) is 3.42. The van der Waals surface area contributed by atoms with Gasteiger partial charge < -0.3 is 5.11 Å². The molecule has 0 saturated carbocycles. The van der Waals surface area contributed by atoms with Crippen molar-refractivity contribution >= 4 is 15.9 Å². The molecule has 0 aliphatic rings. The van der Waals surface area contributed by atoms with E-state index < -0.39 is 17.7 Å². The van der Waals surface area contributed by atoms with E-state index in [2.05, 4.69) is 15.9 Å². The van der Waals surface area contributed by atoms with Gasteiger partial charge in [-0.3, -0.25) is 0 Å². The summed E-state index contributed by atoms with van der Waals surface area (Å²) in [6.07, 6.45) is -0.0520. The molecule has 1 aromatic carbocycles. The minimum atomic E-state index is -0.583. The number of halogens is 3. The summed E-state index contributed by atoms with van der Waals surface area (Å²) >= 11 is 3.02. The zero-order chi connectivity index (χ0) is 13.2. The molecule has 0 saturated heterocycles. The molecule has 17 heavy (non-hydrogen) atoms. The number of aliphatic hydroxyl groups excluding tert-OH is 1. The summed E-state index contributed by atoms with van der Waals surface area (Å²) in [7, 11) is 0. The Bertz CT molecular complexity index is 399. The van der Waals surface area contributed by atoms with Gasteiger partial charge in [-0.1, -0.05) is 20.8 Å². The molecule has 0 aliphatic heterocycles. The van der Waals surface area contributed by atoms with Gasteiger partial charge in [-0.2, -0.15) is 0 Å². The van der Waals surface area contributed by atoms with E-state index in [0.29, 0.717) is 6.42 Å². The largest absolute Gasteiger partial charge is 0.393 e. The van der Waals surface area contributed by atoms with Gasteiger partial charge in [0.15, 0.2) is 0 Å². The van der Waals surface area contributed by atoms with E-state index in [4.69, 9.17) is 0 Å². The molecule has 1 nitrogen and oxygen atoms in total. The highest BCUT2D eigenvalue weighted by Crippen LogP contribution is 2.26. The van der Waals surface area contributed by atoms with Gasteiger partial charge in [0, 0.05) is 5.56 Å². The molecule has 0 bridgehead atoms. The predicted octanol–water partition coefficient (Wildman–Crippen LogP) is 4.07. The normalized spacial score (nSPS) is 13.8. The first kappa shape index (κ1) is 14.6. The van der Waals surface area contributed by atoms with Crippen molar-refractivity contribution in [3.63, 3.8) is 0 Å². The number of hydrogen-bond acceptors (Lipinski definition) is 1. The number of aliphatic hydroxyl groups is 1. The second-order valence-corrected chi connectivity index (χ2v) is 6.10. The highest BCUT2D eigenvalue weighted by atomic mass is 79.9. The Morgan fingerprint density at radius 3 is 2.41 bits per heavy atom. The van der Waals surface area contributed by atoms with Crippen LogP contribution in [0.1, 0.15) is 32.8 Å². The molecule has 0 aromatic heterocycles. The molecule has 1 N–H and O–H groups in total. The SMILES string of the molecule is CC(C)(C)C(O)CCc1c(F)ccc(Br)c1F. The predicted molar refractivity (Wildman–Crippen MR) is 67.8 cm³/mol. The summed E-state index contributed by atoms with van der Waals surface area (Å²) in [5.41, 5.74) is -0.249. The zero-order valence-electron chi connectivity index (χ0n) is 10.2. The third-order valence-electron chi connectivity index (χ3n) is 2.81. The van der Waals surface area contributed by atoms with Gasteiger partial charge in [-0.15, -0.1) is 0 Å². The lowest BCUT2D eigenvalue weighted by atomic mass is 9.85.